The summed E-state index contributed by atoms with van der Waals surface area (Å²) in [4.78, 5) is 41.7. The van der Waals surface area contributed by atoms with E-state index >= 15 is 0 Å². The number of ether oxygens (including phenoxy) is 1. The van der Waals surface area contributed by atoms with Crippen LogP contribution in [0.3, 0.4) is 0 Å². The Morgan fingerprint density at radius 2 is 1.81 bits per heavy atom. The summed E-state index contributed by atoms with van der Waals surface area (Å²) in [5.74, 6) is -1.65. The molecule has 3 aliphatic heterocycles. The van der Waals surface area contributed by atoms with Gasteiger partial charge < -0.3 is 25.4 Å². The summed E-state index contributed by atoms with van der Waals surface area (Å²) in [5.41, 5.74) is -1.66. The van der Waals surface area contributed by atoms with Crippen LogP contribution >= 0.6 is 0 Å². The SMILES string of the molecule is CCCCNC(=O)C1N(CCCCCO)C(=O)[C@@H]2[C@H](C(=O)NCCC)[C@]3(C)CCC12O3. The molecule has 3 aliphatic rings. The van der Waals surface area contributed by atoms with Gasteiger partial charge in [0.15, 0.2) is 0 Å². The average molecular weight is 438 g/mol. The van der Waals surface area contributed by atoms with Gasteiger partial charge in [-0.2, -0.15) is 0 Å². The molecule has 3 saturated heterocycles. The minimum absolute atomic E-state index is 0.114. The normalized spacial score (nSPS) is 33.6. The predicted octanol–water partition coefficient (Wildman–Crippen LogP) is 1.36. The molecule has 0 aromatic carbocycles. The molecule has 0 radical (unpaired) electrons. The lowest BCUT2D eigenvalue weighted by molar-refractivity contribution is -0.146. The van der Waals surface area contributed by atoms with Crippen LogP contribution in [0.1, 0.15) is 72.1 Å². The van der Waals surface area contributed by atoms with Gasteiger partial charge in [0.2, 0.25) is 17.7 Å². The monoisotopic (exact) mass is 437 g/mol. The first kappa shape index (κ1) is 24.0. The van der Waals surface area contributed by atoms with E-state index in [0.717, 1.165) is 25.7 Å². The Balaban J connectivity index is 1.89. The third-order valence-electron chi connectivity index (χ3n) is 7.24. The molecule has 3 amide bonds. The molecule has 5 atom stereocenters. The molecule has 0 aliphatic carbocycles. The van der Waals surface area contributed by atoms with Crippen LogP contribution in [0.2, 0.25) is 0 Å². The summed E-state index contributed by atoms with van der Waals surface area (Å²) < 4.78 is 6.53. The fourth-order valence-electron chi connectivity index (χ4n) is 5.78. The molecule has 0 aromatic heterocycles. The van der Waals surface area contributed by atoms with E-state index in [-0.39, 0.29) is 24.3 Å². The van der Waals surface area contributed by atoms with Gasteiger partial charge in [-0.25, -0.2) is 0 Å². The van der Waals surface area contributed by atoms with Crippen LogP contribution in [0.15, 0.2) is 0 Å². The molecule has 31 heavy (non-hydrogen) atoms. The van der Waals surface area contributed by atoms with Gasteiger partial charge in [-0.3, -0.25) is 14.4 Å². The van der Waals surface area contributed by atoms with Gasteiger partial charge >= 0.3 is 0 Å². The van der Waals surface area contributed by atoms with Crippen molar-refractivity contribution in [1.29, 1.82) is 0 Å². The minimum Gasteiger partial charge on any atom is -0.396 e. The van der Waals surface area contributed by atoms with Gasteiger partial charge in [-0.1, -0.05) is 20.3 Å². The number of nitrogens with zero attached hydrogens (tertiary/aromatic N) is 1. The first-order chi connectivity index (χ1) is 14.9. The number of carbonyl (C=O) groups excluding carboxylic acids is 3. The number of amides is 3. The van der Waals surface area contributed by atoms with E-state index in [1.807, 2.05) is 13.8 Å². The molecule has 176 valence electrons. The number of rotatable bonds is 12. The Labute approximate surface area is 185 Å². The summed E-state index contributed by atoms with van der Waals surface area (Å²) in [5, 5.41) is 15.0. The number of unbranched alkanes of at least 4 members (excludes halogenated alkanes) is 3. The number of likely N-dealkylation sites (tertiary alicyclic amines) is 1. The zero-order valence-electron chi connectivity index (χ0n) is 19.2. The second-order valence-corrected chi connectivity index (χ2v) is 9.48. The van der Waals surface area contributed by atoms with Crippen LogP contribution in [-0.2, 0) is 19.1 Å². The molecule has 3 fully saturated rings. The minimum atomic E-state index is -0.937. The van der Waals surface area contributed by atoms with Crippen molar-refractivity contribution in [2.45, 2.75) is 89.4 Å². The predicted molar refractivity (Wildman–Crippen MR) is 116 cm³/mol. The van der Waals surface area contributed by atoms with Crippen LogP contribution in [0.5, 0.6) is 0 Å². The maximum atomic E-state index is 13.6. The van der Waals surface area contributed by atoms with Crippen molar-refractivity contribution in [3.8, 4) is 0 Å². The fraction of sp³-hybridized carbons (Fsp3) is 0.870. The highest BCUT2D eigenvalue weighted by molar-refractivity contribution is 5.99. The van der Waals surface area contributed by atoms with Crippen molar-refractivity contribution in [2.24, 2.45) is 11.8 Å². The van der Waals surface area contributed by atoms with Crippen molar-refractivity contribution in [2.75, 3.05) is 26.2 Å². The number of fused-ring (bicyclic) bond motifs is 1. The van der Waals surface area contributed by atoms with E-state index < -0.39 is 29.1 Å². The average Bonchev–Trinajstić information content (AvgIpc) is 3.30. The zero-order chi connectivity index (χ0) is 22.6. The molecule has 1 spiro atoms. The third kappa shape index (κ3) is 4.21. The van der Waals surface area contributed by atoms with Gasteiger partial charge in [0.05, 0.1) is 17.4 Å². The van der Waals surface area contributed by atoms with Gasteiger partial charge in [0.1, 0.15) is 11.6 Å². The van der Waals surface area contributed by atoms with Crippen LogP contribution in [0, 0.1) is 11.8 Å². The van der Waals surface area contributed by atoms with Gasteiger partial charge in [0, 0.05) is 26.2 Å². The third-order valence-corrected chi connectivity index (χ3v) is 7.24. The quantitative estimate of drug-likeness (QED) is 0.400. The maximum absolute atomic E-state index is 13.6. The van der Waals surface area contributed by atoms with Gasteiger partial charge in [-0.15, -0.1) is 0 Å². The van der Waals surface area contributed by atoms with Crippen molar-refractivity contribution >= 4 is 17.7 Å². The smallest absolute Gasteiger partial charge is 0.245 e. The van der Waals surface area contributed by atoms with Crippen molar-refractivity contribution < 1.29 is 24.2 Å². The standard InChI is InChI=1S/C23H39N3O5/c1-4-6-13-25-20(29)18-23-11-10-22(3,31-23)16(19(28)24-12-5-2)17(23)21(30)26(18)14-8-7-9-15-27/h16-18,27H,4-15H2,1-3H3,(H,24,28)(H,25,29)/t16-,17+,18?,22+,23?/m1/s1. The molecule has 3 heterocycles. The molecule has 3 N–H and O–H groups in total. The number of aliphatic hydroxyl groups excluding tert-OH is 1. The van der Waals surface area contributed by atoms with E-state index in [9.17, 15) is 14.4 Å². The van der Waals surface area contributed by atoms with E-state index in [1.165, 1.54) is 0 Å². The lowest BCUT2D eigenvalue weighted by Gasteiger charge is -2.33. The van der Waals surface area contributed by atoms with E-state index in [2.05, 4.69) is 17.6 Å². The highest BCUT2D eigenvalue weighted by atomic mass is 16.5. The number of carbonyl (C=O) groups is 3. The molecular formula is C23H39N3O5. The van der Waals surface area contributed by atoms with Crippen LogP contribution < -0.4 is 10.6 Å². The van der Waals surface area contributed by atoms with E-state index in [1.54, 1.807) is 4.90 Å². The van der Waals surface area contributed by atoms with Crippen molar-refractivity contribution in [3.05, 3.63) is 0 Å². The molecule has 8 heteroatoms. The summed E-state index contributed by atoms with van der Waals surface area (Å²) in [6.07, 6.45) is 6.09. The second-order valence-electron chi connectivity index (χ2n) is 9.48. The first-order valence-electron chi connectivity index (χ1n) is 12.0. The number of nitrogens with one attached hydrogen (secondary N) is 2. The Morgan fingerprint density at radius 1 is 1.06 bits per heavy atom. The maximum Gasteiger partial charge on any atom is 0.245 e. The summed E-state index contributed by atoms with van der Waals surface area (Å²) >= 11 is 0. The molecule has 0 aromatic rings. The summed E-state index contributed by atoms with van der Waals surface area (Å²) in [6, 6.07) is -0.707. The Kier molecular flexibility index (Phi) is 7.63. The van der Waals surface area contributed by atoms with Crippen molar-refractivity contribution in [3.63, 3.8) is 0 Å². The number of hydrogen-bond acceptors (Lipinski definition) is 5. The van der Waals surface area contributed by atoms with Crippen molar-refractivity contribution in [1.82, 2.24) is 15.5 Å². The molecule has 2 unspecified atom stereocenters. The lowest BCUT2D eigenvalue weighted by Crippen LogP contribution is -2.55. The zero-order valence-corrected chi connectivity index (χ0v) is 19.2. The topological polar surface area (TPSA) is 108 Å². The van der Waals surface area contributed by atoms with E-state index in [0.29, 0.717) is 45.3 Å². The highest BCUT2D eigenvalue weighted by Gasteiger charge is 2.77. The van der Waals surface area contributed by atoms with E-state index in [4.69, 9.17) is 9.84 Å². The Hall–Kier alpha value is -1.67. The number of aliphatic hydroxyl groups is 1. The largest absolute Gasteiger partial charge is 0.396 e. The summed E-state index contributed by atoms with van der Waals surface area (Å²) in [6.45, 7) is 7.65. The van der Waals surface area contributed by atoms with Crippen LogP contribution in [0.25, 0.3) is 0 Å². The molecule has 0 saturated carbocycles. The van der Waals surface area contributed by atoms with Gasteiger partial charge in [0.25, 0.3) is 0 Å². The van der Waals surface area contributed by atoms with Gasteiger partial charge in [-0.05, 0) is 51.9 Å². The molecular weight excluding hydrogens is 398 g/mol. The fourth-order valence-corrected chi connectivity index (χ4v) is 5.78. The van der Waals surface area contributed by atoms with Crippen LogP contribution in [-0.4, -0.2) is 71.2 Å². The first-order valence-corrected chi connectivity index (χ1v) is 12.0. The lowest BCUT2D eigenvalue weighted by atomic mass is 9.66. The molecule has 8 nitrogen and oxygen atoms in total. The molecule has 2 bridgehead atoms. The Morgan fingerprint density at radius 3 is 2.48 bits per heavy atom. The molecule has 3 rings (SSSR count). The second kappa shape index (κ2) is 9.86. The Bertz CT molecular complexity index is 686. The number of hydrogen-bond donors (Lipinski definition) is 3. The van der Waals surface area contributed by atoms with Crippen LogP contribution in [0.4, 0.5) is 0 Å². The highest BCUT2D eigenvalue weighted by Crippen LogP contribution is 2.63. The summed E-state index contributed by atoms with van der Waals surface area (Å²) in [7, 11) is 0.